The van der Waals surface area contributed by atoms with Crippen LogP contribution in [0, 0.1) is 6.92 Å². The Kier molecular flexibility index (Phi) is 3.38. The van der Waals surface area contributed by atoms with E-state index in [1.165, 1.54) is 11.8 Å². The highest BCUT2D eigenvalue weighted by Crippen LogP contribution is 2.19. The van der Waals surface area contributed by atoms with Crippen LogP contribution in [0.25, 0.3) is 0 Å². The van der Waals surface area contributed by atoms with E-state index in [0.717, 1.165) is 16.4 Å². The van der Waals surface area contributed by atoms with Crippen molar-refractivity contribution in [2.75, 3.05) is 5.75 Å². The molecule has 0 spiro atoms. The van der Waals surface area contributed by atoms with Crippen LogP contribution in [-0.2, 0) is 14.1 Å². The highest BCUT2D eigenvalue weighted by molar-refractivity contribution is 7.99. The number of aromatic nitrogens is 3. The Labute approximate surface area is 105 Å². The van der Waals surface area contributed by atoms with E-state index in [0.29, 0.717) is 5.75 Å². The van der Waals surface area contributed by atoms with E-state index < -0.39 is 0 Å². The third-order valence-corrected chi connectivity index (χ3v) is 3.62. The Morgan fingerprint density at radius 3 is 2.76 bits per heavy atom. The van der Waals surface area contributed by atoms with E-state index in [-0.39, 0.29) is 5.78 Å². The summed E-state index contributed by atoms with van der Waals surface area (Å²) in [7, 11) is 3.77. The van der Waals surface area contributed by atoms with Crippen molar-refractivity contribution in [3.8, 4) is 0 Å². The van der Waals surface area contributed by atoms with Crippen LogP contribution in [0.3, 0.4) is 0 Å². The summed E-state index contributed by atoms with van der Waals surface area (Å²) < 4.78 is 3.65. The molecule has 2 heterocycles. The van der Waals surface area contributed by atoms with E-state index in [9.17, 15) is 4.79 Å². The van der Waals surface area contributed by atoms with Gasteiger partial charge in [-0.1, -0.05) is 11.8 Å². The summed E-state index contributed by atoms with van der Waals surface area (Å²) in [6.07, 6.45) is 1.88. The molecule has 0 fully saturated rings. The molecular weight excluding hydrogens is 234 g/mol. The molecule has 2 aromatic rings. The molecule has 0 amide bonds. The summed E-state index contributed by atoms with van der Waals surface area (Å²) in [5, 5.41) is 5.27. The van der Waals surface area contributed by atoms with Gasteiger partial charge in [0.05, 0.1) is 22.2 Å². The van der Waals surface area contributed by atoms with Crippen molar-refractivity contribution in [3.63, 3.8) is 0 Å². The van der Waals surface area contributed by atoms with Crippen molar-refractivity contribution in [2.45, 2.75) is 11.9 Å². The molecule has 0 aliphatic heterocycles. The van der Waals surface area contributed by atoms with E-state index in [4.69, 9.17) is 0 Å². The molecule has 0 unspecified atom stereocenters. The van der Waals surface area contributed by atoms with Gasteiger partial charge in [-0.2, -0.15) is 5.10 Å². The molecule has 0 bridgehead atoms. The van der Waals surface area contributed by atoms with E-state index in [1.54, 1.807) is 4.68 Å². The number of hydrogen-bond acceptors (Lipinski definition) is 3. The Morgan fingerprint density at radius 2 is 2.24 bits per heavy atom. The summed E-state index contributed by atoms with van der Waals surface area (Å²) >= 11 is 1.52. The Bertz CT molecular complexity index is 542. The van der Waals surface area contributed by atoms with Gasteiger partial charge < -0.3 is 4.57 Å². The minimum Gasteiger partial charge on any atom is -0.348 e. The van der Waals surface area contributed by atoms with Crippen molar-refractivity contribution in [2.24, 2.45) is 14.1 Å². The first-order valence-corrected chi connectivity index (χ1v) is 6.34. The SMILES string of the molecule is Cc1cc(SCC(=O)c2cccn2C)n(C)n1. The number of aryl methyl sites for hydroxylation is 3. The minimum atomic E-state index is 0.140. The summed E-state index contributed by atoms with van der Waals surface area (Å²) in [5.41, 5.74) is 1.72. The largest absolute Gasteiger partial charge is 0.348 e. The number of carbonyl (C=O) groups is 1. The zero-order chi connectivity index (χ0) is 12.4. The van der Waals surface area contributed by atoms with Crippen LogP contribution in [0.5, 0.6) is 0 Å². The standard InChI is InChI=1S/C12H15N3OS/c1-9-7-12(15(3)13-9)17-8-11(16)10-5-4-6-14(10)2/h4-7H,8H2,1-3H3. The first kappa shape index (κ1) is 12.0. The van der Waals surface area contributed by atoms with Crippen molar-refractivity contribution >= 4 is 17.5 Å². The molecule has 0 N–H and O–H groups in total. The van der Waals surface area contributed by atoms with Gasteiger partial charge in [-0.05, 0) is 25.1 Å². The number of Topliss-reactive ketones (excluding diaryl/α,β-unsaturated/α-hetero) is 1. The molecule has 2 rings (SSSR count). The second-order valence-corrected chi connectivity index (χ2v) is 4.96. The Morgan fingerprint density at radius 1 is 1.47 bits per heavy atom. The quantitative estimate of drug-likeness (QED) is 0.615. The van der Waals surface area contributed by atoms with Gasteiger partial charge in [0.2, 0.25) is 0 Å². The van der Waals surface area contributed by atoms with Gasteiger partial charge >= 0.3 is 0 Å². The smallest absolute Gasteiger partial charge is 0.189 e. The maximum atomic E-state index is 11.9. The fourth-order valence-corrected chi connectivity index (χ4v) is 2.59. The monoisotopic (exact) mass is 249 g/mol. The molecule has 17 heavy (non-hydrogen) atoms. The van der Waals surface area contributed by atoms with Crippen molar-refractivity contribution < 1.29 is 4.79 Å². The number of hydrogen-bond donors (Lipinski definition) is 0. The second kappa shape index (κ2) is 4.79. The number of rotatable bonds is 4. The Hall–Kier alpha value is -1.49. The van der Waals surface area contributed by atoms with Gasteiger partial charge in [0.1, 0.15) is 0 Å². The second-order valence-electron chi connectivity index (χ2n) is 3.96. The van der Waals surface area contributed by atoms with Crippen LogP contribution in [0.2, 0.25) is 0 Å². The lowest BCUT2D eigenvalue weighted by atomic mass is 10.3. The zero-order valence-corrected chi connectivity index (χ0v) is 11.0. The fraction of sp³-hybridized carbons (Fsp3) is 0.333. The highest BCUT2D eigenvalue weighted by Gasteiger charge is 2.11. The molecule has 0 aromatic carbocycles. The molecule has 0 saturated carbocycles. The van der Waals surface area contributed by atoms with Crippen LogP contribution in [-0.4, -0.2) is 25.9 Å². The third-order valence-electron chi connectivity index (χ3n) is 2.54. The van der Waals surface area contributed by atoms with E-state index in [1.807, 2.05) is 50.0 Å². The molecule has 0 atom stereocenters. The number of ketones is 1. The predicted octanol–water partition coefficient (Wildman–Crippen LogP) is 2.04. The number of thioether (sulfide) groups is 1. The summed E-state index contributed by atoms with van der Waals surface area (Å²) in [4.78, 5) is 11.9. The van der Waals surface area contributed by atoms with Gasteiger partial charge in [-0.25, -0.2) is 0 Å². The molecule has 4 nitrogen and oxygen atoms in total. The molecule has 0 aliphatic carbocycles. The molecule has 0 saturated heterocycles. The summed E-state index contributed by atoms with van der Waals surface area (Å²) in [6.45, 7) is 1.95. The average Bonchev–Trinajstić information content (AvgIpc) is 2.81. The summed E-state index contributed by atoms with van der Waals surface area (Å²) in [6, 6.07) is 5.71. The molecular formula is C12H15N3OS. The van der Waals surface area contributed by atoms with Crippen LogP contribution in [0.4, 0.5) is 0 Å². The fourth-order valence-electron chi connectivity index (χ4n) is 1.69. The Balaban J connectivity index is 2.02. The van der Waals surface area contributed by atoms with Gasteiger partial charge in [-0.3, -0.25) is 9.48 Å². The van der Waals surface area contributed by atoms with Crippen LogP contribution in [0.1, 0.15) is 16.2 Å². The van der Waals surface area contributed by atoms with Crippen LogP contribution >= 0.6 is 11.8 Å². The molecule has 0 aliphatic rings. The van der Waals surface area contributed by atoms with Crippen molar-refractivity contribution in [1.29, 1.82) is 0 Å². The maximum absolute atomic E-state index is 11.9. The average molecular weight is 249 g/mol. The van der Waals surface area contributed by atoms with Gasteiger partial charge in [0.25, 0.3) is 0 Å². The predicted molar refractivity (Wildman–Crippen MR) is 68.4 cm³/mol. The topological polar surface area (TPSA) is 39.8 Å². The molecule has 2 aromatic heterocycles. The molecule has 90 valence electrons. The van der Waals surface area contributed by atoms with Gasteiger partial charge in [0.15, 0.2) is 5.78 Å². The van der Waals surface area contributed by atoms with Crippen molar-refractivity contribution in [3.05, 3.63) is 35.8 Å². The molecule has 5 heteroatoms. The number of carbonyl (C=O) groups excluding carboxylic acids is 1. The lowest BCUT2D eigenvalue weighted by molar-refractivity contribution is 0.101. The van der Waals surface area contributed by atoms with Gasteiger partial charge in [0, 0.05) is 20.3 Å². The lowest BCUT2D eigenvalue weighted by Gasteiger charge is -2.03. The first-order valence-electron chi connectivity index (χ1n) is 5.36. The van der Waals surface area contributed by atoms with Crippen LogP contribution < -0.4 is 0 Å². The van der Waals surface area contributed by atoms with Crippen molar-refractivity contribution in [1.82, 2.24) is 14.3 Å². The van der Waals surface area contributed by atoms with E-state index in [2.05, 4.69) is 5.10 Å². The minimum absolute atomic E-state index is 0.140. The normalized spacial score (nSPS) is 10.8. The van der Waals surface area contributed by atoms with E-state index >= 15 is 0 Å². The maximum Gasteiger partial charge on any atom is 0.189 e. The lowest BCUT2D eigenvalue weighted by Crippen LogP contribution is -2.08. The zero-order valence-electron chi connectivity index (χ0n) is 10.2. The molecule has 0 radical (unpaired) electrons. The third kappa shape index (κ3) is 2.61. The highest BCUT2D eigenvalue weighted by atomic mass is 32.2. The van der Waals surface area contributed by atoms with Crippen LogP contribution in [0.15, 0.2) is 29.4 Å². The summed E-state index contributed by atoms with van der Waals surface area (Å²) in [5.74, 6) is 0.581. The first-order chi connectivity index (χ1) is 8.08. The van der Waals surface area contributed by atoms with Gasteiger partial charge in [-0.15, -0.1) is 0 Å². The number of nitrogens with zero attached hydrogens (tertiary/aromatic N) is 3.